The summed E-state index contributed by atoms with van der Waals surface area (Å²) in [6, 6.07) is 37.5. The van der Waals surface area contributed by atoms with Crippen LogP contribution in [0.2, 0.25) is 0 Å². The molecule has 0 saturated carbocycles. The number of hydrogen-bond acceptors (Lipinski definition) is 0. The molecule has 0 unspecified atom stereocenters. The average molecular weight is 426 g/mol. The minimum atomic E-state index is -2.26. The standard InChI is InChI=1S/C29H21N2Si/c1-3-11-22(12-4-1)32(23-13-5-2-6-14-23)19-21-10-8-16-25-24-15-7-9-20-17-30-18-26(32)31(28(21)25)29(30)27(20)24/h1-16,18H,17,19H2/q+1. The normalized spacial score (nSPS) is 15.5. The molecule has 0 aliphatic carbocycles. The Kier molecular flexibility index (Phi) is 3.04. The Bertz CT molecular complexity index is 1680. The van der Waals surface area contributed by atoms with E-state index in [1.807, 2.05) is 0 Å². The maximum Gasteiger partial charge on any atom is 0.295 e. The lowest BCUT2D eigenvalue weighted by molar-refractivity contribution is -0.656. The number of nitrogens with zero attached hydrogens (tertiary/aromatic N) is 2. The Labute approximate surface area is 187 Å². The molecule has 0 bridgehead atoms. The monoisotopic (exact) mass is 425 g/mol. The van der Waals surface area contributed by atoms with E-state index < -0.39 is 8.07 Å². The molecule has 2 aromatic heterocycles. The molecule has 0 N–H and O–H groups in total. The molecule has 4 aromatic carbocycles. The van der Waals surface area contributed by atoms with Crippen LogP contribution >= 0.6 is 0 Å². The van der Waals surface area contributed by atoms with E-state index in [0.29, 0.717) is 0 Å². The van der Waals surface area contributed by atoms with E-state index in [-0.39, 0.29) is 0 Å². The summed E-state index contributed by atoms with van der Waals surface area (Å²) in [6.07, 6.45) is 2.50. The lowest BCUT2D eigenvalue weighted by atomic mass is 10.0. The Hall–Kier alpha value is -3.69. The van der Waals surface area contributed by atoms with Crippen molar-refractivity contribution < 1.29 is 4.57 Å². The predicted molar refractivity (Wildman–Crippen MR) is 133 cm³/mol. The van der Waals surface area contributed by atoms with Gasteiger partial charge in [0.1, 0.15) is 23.6 Å². The summed E-state index contributed by atoms with van der Waals surface area (Å²) in [7, 11) is -2.26. The van der Waals surface area contributed by atoms with Gasteiger partial charge in [-0.3, -0.25) is 0 Å². The fourth-order valence-electron chi connectivity index (χ4n) is 6.52. The van der Waals surface area contributed by atoms with Crippen LogP contribution in [0, 0.1) is 0 Å². The second-order valence-electron chi connectivity index (χ2n) is 9.27. The van der Waals surface area contributed by atoms with Crippen LogP contribution < -0.4 is 20.3 Å². The number of hydrogen-bond donors (Lipinski definition) is 0. The van der Waals surface area contributed by atoms with Crippen molar-refractivity contribution in [1.82, 2.24) is 4.40 Å². The summed E-state index contributed by atoms with van der Waals surface area (Å²) in [5, 5.41) is 8.74. The zero-order valence-electron chi connectivity index (χ0n) is 17.6. The molecule has 32 heavy (non-hydrogen) atoms. The maximum absolute atomic E-state index is 2.65. The first-order valence-corrected chi connectivity index (χ1v) is 13.6. The van der Waals surface area contributed by atoms with Crippen LogP contribution in [0.1, 0.15) is 11.1 Å². The number of fused-ring (bicyclic) bond motifs is 1. The Morgan fingerprint density at radius 2 is 1.31 bits per heavy atom. The van der Waals surface area contributed by atoms with Gasteiger partial charge in [-0.15, -0.1) is 0 Å². The first-order chi connectivity index (χ1) is 15.9. The molecule has 3 heteroatoms. The van der Waals surface area contributed by atoms with E-state index in [1.165, 1.54) is 54.1 Å². The molecular weight excluding hydrogens is 404 g/mol. The van der Waals surface area contributed by atoms with E-state index >= 15 is 0 Å². The van der Waals surface area contributed by atoms with Crippen molar-refractivity contribution in [1.29, 1.82) is 0 Å². The van der Waals surface area contributed by atoms with Crippen LogP contribution in [-0.2, 0) is 12.6 Å². The number of para-hydroxylation sites is 1. The van der Waals surface area contributed by atoms with Gasteiger partial charge in [0.05, 0.1) is 5.39 Å². The van der Waals surface area contributed by atoms with E-state index in [1.54, 1.807) is 0 Å². The van der Waals surface area contributed by atoms with Gasteiger partial charge in [-0.25, -0.2) is 4.57 Å². The third-order valence-corrected chi connectivity index (χ3v) is 12.6. The lowest BCUT2D eigenvalue weighted by Gasteiger charge is -2.33. The molecule has 0 saturated heterocycles. The Morgan fingerprint density at radius 3 is 2.03 bits per heavy atom. The Morgan fingerprint density at radius 1 is 0.656 bits per heavy atom. The smallest absolute Gasteiger partial charge is 0.225 e. The predicted octanol–water partition coefficient (Wildman–Crippen LogP) is 3.46. The molecule has 8 rings (SSSR count). The van der Waals surface area contributed by atoms with Crippen molar-refractivity contribution >= 4 is 51.1 Å². The second kappa shape index (κ2) is 5.75. The largest absolute Gasteiger partial charge is 0.295 e. The molecule has 0 spiro atoms. The fraction of sp³-hybridized carbons (Fsp3) is 0.0690. The topological polar surface area (TPSA) is 8.29 Å². The van der Waals surface area contributed by atoms with Gasteiger partial charge in [0.2, 0.25) is 8.07 Å². The zero-order valence-corrected chi connectivity index (χ0v) is 18.6. The van der Waals surface area contributed by atoms with E-state index in [4.69, 9.17) is 0 Å². The number of benzene rings is 4. The van der Waals surface area contributed by atoms with Gasteiger partial charge in [-0.1, -0.05) is 97.1 Å². The number of pyridine rings is 1. The lowest BCUT2D eigenvalue weighted by Crippen LogP contribution is -2.71. The van der Waals surface area contributed by atoms with E-state index in [2.05, 4.69) is 112 Å². The summed E-state index contributed by atoms with van der Waals surface area (Å²) in [5.41, 5.74) is 5.73. The highest BCUT2D eigenvalue weighted by Crippen LogP contribution is 2.37. The van der Waals surface area contributed by atoms with Crippen LogP contribution in [-0.4, -0.2) is 12.5 Å². The first-order valence-electron chi connectivity index (χ1n) is 11.4. The minimum absolute atomic E-state index is 0.968. The Balaban J connectivity index is 1.64. The summed E-state index contributed by atoms with van der Waals surface area (Å²) < 4.78 is 5.17. The van der Waals surface area contributed by atoms with Crippen molar-refractivity contribution in [3.8, 4) is 0 Å². The average Bonchev–Trinajstić information content (AvgIpc) is 3.41. The second-order valence-corrected chi connectivity index (χ2v) is 13.1. The molecule has 2 aliphatic heterocycles. The van der Waals surface area contributed by atoms with E-state index in [9.17, 15) is 0 Å². The highest BCUT2D eigenvalue weighted by molar-refractivity contribution is 7.11. The summed E-state index contributed by atoms with van der Waals surface area (Å²) in [6.45, 7) is 0.968. The maximum atomic E-state index is 2.65. The summed E-state index contributed by atoms with van der Waals surface area (Å²) >= 11 is 0. The third kappa shape index (κ3) is 1.85. The van der Waals surface area contributed by atoms with Crippen LogP contribution in [0.3, 0.4) is 0 Å². The van der Waals surface area contributed by atoms with E-state index in [0.717, 1.165) is 12.6 Å². The quantitative estimate of drug-likeness (QED) is 0.228. The molecule has 6 aromatic rings. The minimum Gasteiger partial charge on any atom is -0.225 e. The van der Waals surface area contributed by atoms with Gasteiger partial charge in [-0.05, 0) is 22.0 Å². The number of imidazole rings is 1. The van der Waals surface area contributed by atoms with Crippen LogP contribution in [0.4, 0.5) is 0 Å². The van der Waals surface area contributed by atoms with Crippen molar-refractivity contribution in [3.05, 3.63) is 114 Å². The van der Waals surface area contributed by atoms with Gasteiger partial charge in [0.15, 0.2) is 0 Å². The third-order valence-electron chi connectivity index (χ3n) is 7.78. The molecule has 0 amide bonds. The van der Waals surface area contributed by atoms with Gasteiger partial charge < -0.3 is 0 Å². The highest BCUT2D eigenvalue weighted by Gasteiger charge is 2.50. The van der Waals surface area contributed by atoms with Crippen LogP contribution in [0.5, 0.6) is 0 Å². The zero-order chi connectivity index (χ0) is 20.9. The van der Waals surface area contributed by atoms with Crippen molar-refractivity contribution in [2.45, 2.75) is 12.6 Å². The van der Waals surface area contributed by atoms with Crippen molar-refractivity contribution in [2.75, 3.05) is 0 Å². The molecule has 2 nitrogen and oxygen atoms in total. The summed E-state index contributed by atoms with van der Waals surface area (Å²) in [4.78, 5) is 0. The van der Waals surface area contributed by atoms with Crippen LogP contribution in [0.25, 0.3) is 27.3 Å². The molecule has 4 heterocycles. The molecule has 150 valence electrons. The SMILES string of the molecule is c1ccc([Si]2(c3ccccc3)Cc3cccc4c5cccc6c5c5n(c2c[n+]5C6)c34)cc1. The fourth-order valence-corrected chi connectivity index (χ4v) is 11.4. The molecule has 0 atom stereocenters. The first kappa shape index (κ1) is 16.9. The summed E-state index contributed by atoms with van der Waals surface area (Å²) in [5.74, 6) is 0. The van der Waals surface area contributed by atoms with Gasteiger partial charge in [0.25, 0.3) is 5.65 Å². The van der Waals surface area contributed by atoms with Crippen molar-refractivity contribution in [3.63, 3.8) is 0 Å². The molecule has 0 radical (unpaired) electrons. The molecule has 2 aliphatic rings. The van der Waals surface area contributed by atoms with Crippen molar-refractivity contribution in [2.24, 2.45) is 0 Å². The molecular formula is C29H21N2Si+. The number of rotatable bonds is 2. The van der Waals surface area contributed by atoms with Gasteiger partial charge >= 0.3 is 0 Å². The molecule has 0 fully saturated rings. The van der Waals surface area contributed by atoms with Gasteiger partial charge in [-0.2, -0.15) is 4.40 Å². The van der Waals surface area contributed by atoms with Gasteiger partial charge in [0, 0.05) is 16.3 Å². The highest BCUT2D eigenvalue weighted by atomic mass is 28.3. The van der Waals surface area contributed by atoms with Crippen LogP contribution in [0.15, 0.2) is 103 Å². The number of aromatic nitrogens is 2.